The van der Waals surface area contributed by atoms with Gasteiger partial charge in [0, 0.05) is 50.0 Å². The molecule has 2 aliphatic rings. The highest BCUT2D eigenvalue weighted by Crippen LogP contribution is 2.23. The zero-order valence-electron chi connectivity index (χ0n) is 12.0. The Kier molecular flexibility index (Phi) is 5.89. The number of ketones is 1. The lowest BCUT2D eigenvalue weighted by atomic mass is 9.92. The van der Waals surface area contributed by atoms with Gasteiger partial charge in [-0.25, -0.2) is 12.7 Å². The van der Waals surface area contributed by atoms with Crippen molar-refractivity contribution < 1.29 is 13.2 Å². The topological polar surface area (TPSA) is 66.5 Å². The second-order valence-electron chi connectivity index (χ2n) is 5.80. The summed E-state index contributed by atoms with van der Waals surface area (Å²) >= 11 is 1.89. The van der Waals surface area contributed by atoms with Crippen LogP contribution in [0.2, 0.25) is 0 Å². The van der Waals surface area contributed by atoms with Crippen LogP contribution in [0.15, 0.2) is 0 Å². The van der Waals surface area contributed by atoms with Gasteiger partial charge in [0.2, 0.25) is 10.0 Å². The van der Waals surface area contributed by atoms with Crippen LogP contribution in [0.25, 0.3) is 0 Å². The molecule has 20 heavy (non-hydrogen) atoms. The quantitative estimate of drug-likeness (QED) is 0.808. The number of Topliss-reactive ketones (excluding diaryl/α,β-unsaturated/α-hetero) is 1. The van der Waals surface area contributed by atoms with E-state index in [0.29, 0.717) is 32.0 Å². The van der Waals surface area contributed by atoms with E-state index >= 15 is 0 Å². The number of hydrogen-bond acceptors (Lipinski definition) is 5. The number of nitrogens with one attached hydrogen (secondary N) is 1. The van der Waals surface area contributed by atoms with Gasteiger partial charge in [-0.1, -0.05) is 0 Å². The van der Waals surface area contributed by atoms with E-state index in [0.717, 1.165) is 30.9 Å². The van der Waals surface area contributed by atoms with Crippen LogP contribution in [-0.2, 0) is 14.8 Å². The molecule has 0 aliphatic carbocycles. The van der Waals surface area contributed by atoms with E-state index < -0.39 is 10.0 Å². The summed E-state index contributed by atoms with van der Waals surface area (Å²) in [6.45, 7) is 2.09. The van der Waals surface area contributed by atoms with Crippen molar-refractivity contribution in [2.45, 2.75) is 31.7 Å². The Morgan fingerprint density at radius 1 is 1.40 bits per heavy atom. The lowest BCUT2D eigenvalue weighted by Gasteiger charge is -2.31. The van der Waals surface area contributed by atoms with E-state index in [-0.39, 0.29) is 11.7 Å². The molecule has 2 rings (SSSR count). The molecule has 0 aromatic carbocycles. The van der Waals surface area contributed by atoms with Crippen molar-refractivity contribution in [1.29, 1.82) is 0 Å². The molecule has 7 heteroatoms. The van der Waals surface area contributed by atoms with Crippen molar-refractivity contribution in [3.8, 4) is 0 Å². The highest BCUT2D eigenvalue weighted by Gasteiger charge is 2.28. The predicted octanol–water partition coefficient (Wildman–Crippen LogP) is 0.712. The average Bonchev–Trinajstić information content (AvgIpc) is 2.39. The van der Waals surface area contributed by atoms with Crippen LogP contribution in [0.1, 0.15) is 25.7 Å². The molecular weight excluding hydrogens is 296 g/mol. The third-order valence-electron chi connectivity index (χ3n) is 3.94. The molecule has 2 aliphatic heterocycles. The maximum atomic E-state index is 12.1. The Balaban J connectivity index is 1.78. The molecule has 2 heterocycles. The molecule has 0 amide bonds. The lowest BCUT2D eigenvalue weighted by Crippen LogP contribution is -2.41. The summed E-state index contributed by atoms with van der Waals surface area (Å²) in [5.41, 5.74) is 0. The summed E-state index contributed by atoms with van der Waals surface area (Å²) in [5.74, 6) is 2.59. The first-order valence-electron chi connectivity index (χ1n) is 7.23. The maximum Gasteiger partial charge on any atom is 0.211 e. The van der Waals surface area contributed by atoms with E-state index in [1.165, 1.54) is 10.6 Å². The van der Waals surface area contributed by atoms with E-state index in [9.17, 15) is 13.2 Å². The van der Waals surface area contributed by atoms with Gasteiger partial charge in [0.15, 0.2) is 0 Å². The highest BCUT2D eigenvalue weighted by molar-refractivity contribution is 7.99. The van der Waals surface area contributed by atoms with Crippen LogP contribution in [0.3, 0.4) is 0 Å². The molecule has 0 aromatic rings. The van der Waals surface area contributed by atoms with Gasteiger partial charge in [0.05, 0.1) is 6.26 Å². The first kappa shape index (κ1) is 16.3. The van der Waals surface area contributed by atoms with E-state index in [2.05, 4.69) is 5.32 Å². The average molecular weight is 320 g/mol. The third kappa shape index (κ3) is 5.02. The highest BCUT2D eigenvalue weighted by atomic mass is 32.2. The minimum Gasteiger partial charge on any atom is -0.312 e. The van der Waals surface area contributed by atoms with E-state index in [1.807, 2.05) is 11.8 Å². The van der Waals surface area contributed by atoms with Gasteiger partial charge in [-0.2, -0.15) is 11.8 Å². The lowest BCUT2D eigenvalue weighted by molar-refractivity contribution is -0.120. The fourth-order valence-electron chi connectivity index (χ4n) is 2.93. The number of rotatable bonds is 5. The summed E-state index contributed by atoms with van der Waals surface area (Å²) in [6, 6.07) is 0.302. The fourth-order valence-corrected chi connectivity index (χ4v) is 4.82. The van der Waals surface area contributed by atoms with Gasteiger partial charge in [-0.15, -0.1) is 0 Å². The summed E-state index contributed by atoms with van der Waals surface area (Å²) in [4.78, 5) is 12.1. The largest absolute Gasteiger partial charge is 0.312 e. The zero-order valence-corrected chi connectivity index (χ0v) is 13.6. The molecule has 2 unspecified atom stereocenters. The molecule has 5 nitrogen and oxygen atoms in total. The number of carbonyl (C=O) groups excluding carboxylic acids is 1. The van der Waals surface area contributed by atoms with Gasteiger partial charge >= 0.3 is 0 Å². The number of piperidine rings is 1. The van der Waals surface area contributed by atoms with E-state index in [1.54, 1.807) is 0 Å². The molecule has 0 aromatic heterocycles. The summed E-state index contributed by atoms with van der Waals surface area (Å²) in [6.07, 6.45) is 4.19. The Labute approximate surface area is 125 Å². The van der Waals surface area contributed by atoms with Crippen molar-refractivity contribution in [2.24, 2.45) is 5.92 Å². The van der Waals surface area contributed by atoms with Crippen LogP contribution in [0, 0.1) is 5.92 Å². The van der Waals surface area contributed by atoms with E-state index in [4.69, 9.17) is 0 Å². The smallest absolute Gasteiger partial charge is 0.211 e. The van der Waals surface area contributed by atoms with Crippen LogP contribution in [0.4, 0.5) is 0 Å². The van der Waals surface area contributed by atoms with Crippen LogP contribution in [0.5, 0.6) is 0 Å². The number of carbonyl (C=O) groups is 1. The van der Waals surface area contributed by atoms with Crippen molar-refractivity contribution in [3.63, 3.8) is 0 Å². The number of nitrogens with zero attached hydrogens (tertiary/aromatic N) is 1. The Morgan fingerprint density at radius 3 is 2.85 bits per heavy atom. The standard InChI is InChI=1S/C13H24N2O3S2/c1-20(17,18)15-5-2-3-11(9-15)7-13(16)8-12-10-19-6-4-14-12/h11-12,14H,2-10H2,1H3. The number of hydrogen-bond donors (Lipinski definition) is 1. The summed E-state index contributed by atoms with van der Waals surface area (Å²) in [5, 5.41) is 3.37. The van der Waals surface area contributed by atoms with Gasteiger partial charge in [0.25, 0.3) is 0 Å². The van der Waals surface area contributed by atoms with Crippen molar-refractivity contribution in [1.82, 2.24) is 9.62 Å². The first-order valence-corrected chi connectivity index (χ1v) is 10.2. The normalized spacial score (nSPS) is 29.2. The van der Waals surface area contributed by atoms with Crippen LogP contribution < -0.4 is 5.32 Å². The van der Waals surface area contributed by atoms with Crippen LogP contribution in [-0.4, -0.2) is 61.9 Å². The van der Waals surface area contributed by atoms with Crippen molar-refractivity contribution in [2.75, 3.05) is 37.4 Å². The molecule has 0 bridgehead atoms. The molecule has 2 saturated heterocycles. The maximum absolute atomic E-state index is 12.1. The van der Waals surface area contributed by atoms with Gasteiger partial charge in [-0.05, 0) is 18.8 Å². The first-order chi connectivity index (χ1) is 9.45. The Morgan fingerprint density at radius 2 is 2.20 bits per heavy atom. The SMILES string of the molecule is CS(=O)(=O)N1CCCC(CC(=O)CC2CSCCN2)C1. The van der Waals surface area contributed by atoms with Gasteiger partial charge in [-0.3, -0.25) is 4.79 Å². The Bertz CT molecular complexity index is 433. The number of thioether (sulfide) groups is 1. The fraction of sp³-hybridized carbons (Fsp3) is 0.923. The third-order valence-corrected chi connectivity index (χ3v) is 6.34. The minimum atomic E-state index is -3.12. The van der Waals surface area contributed by atoms with Crippen LogP contribution >= 0.6 is 11.8 Å². The second kappa shape index (κ2) is 7.24. The molecule has 2 fully saturated rings. The van der Waals surface area contributed by atoms with Crippen molar-refractivity contribution in [3.05, 3.63) is 0 Å². The molecule has 2 atom stereocenters. The van der Waals surface area contributed by atoms with Gasteiger partial charge < -0.3 is 5.32 Å². The zero-order chi connectivity index (χ0) is 14.6. The van der Waals surface area contributed by atoms with Gasteiger partial charge in [0.1, 0.15) is 5.78 Å². The molecule has 0 radical (unpaired) electrons. The predicted molar refractivity (Wildman–Crippen MR) is 82.5 cm³/mol. The molecular formula is C13H24N2O3S2. The molecule has 116 valence electrons. The summed E-state index contributed by atoms with van der Waals surface area (Å²) in [7, 11) is -3.12. The molecule has 1 N–H and O–H groups in total. The molecule has 0 spiro atoms. The minimum absolute atomic E-state index is 0.196. The monoisotopic (exact) mass is 320 g/mol. The summed E-state index contributed by atoms with van der Waals surface area (Å²) < 4.78 is 24.6. The van der Waals surface area contributed by atoms with Crippen molar-refractivity contribution >= 4 is 27.6 Å². The number of sulfonamides is 1. The molecule has 0 saturated carbocycles. The Hall–Kier alpha value is -0.110. The second-order valence-corrected chi connectivity index (χ2v) is 8.93.